The summed E-state index contributed by atoms with van der Waals surface area (Å²) in [5.41, 5.74) is 2.21. The molecule has 3 aromatic heterocycles. The van der Waals surface area contributed by atoms with Crippen LogP contribution >= 0.6 is 11.3 Å². The molecule has 1 N–H and O–H groups in total. The molecule has 1 aliphatic rings. The van der Waals surface area contributed by atoms with Crippen molar-refractivity contribution in [3.05, 3.63) is 64.4 Å². The van der Waals surface area contributed by atoms with Gasteiger partial charge in [0.05, 0.1) is 12.5 Å². The van der Waals surface area contributed by atoms with Gasteiger partial charge >= 0.3 is 0 Å². The van der Waals surface area contributed by atoms with Gasteiger partial charge in [0.1, 0.15) is 5.01 Å². The van der Waals surface area contributed by atoms with Crippen molar-refractivity contribution in [3.8, 4) is 0 Å². The standard InChI is InChI=1S/C22H23N5O2S/c28-21(27-11-4-3-7-18(27)22-23-10-12-30-22)9-8-19-25-26-20(29-19)13-15-14-24-17-6-2-1-5-16(15)17/h1-2,5-6,10,12,14,18,24H,3-4,7-9,11,13H2/t18-/m1/s1. The summed E-state index contributed by atoms with van der Waals surface area (Å²) in [5.74, 6) is 1.22. The summed E-state index contributed by atoms with van der Waals surface area (Å²) in [7, 11) is 0. The quantitative estimate of drug-likeness (QED) is 0.502. The Kier molecular flexibility index (Phi) is 5.31. The molecule has 4 heterocycles. The molecule has 1 aromatic carbocycles. The second-order valence-corrected chi connectivity index (χ2v) is 8.52. The van der Waals surface area contributed by atoms with Crippen LogP contribution in [0.3, 0.4) is 0 Å². The van der Waals surface area contributed by atoms with Gasteiger partial charge in [0.2, 0.25) is 17.7 Å². The van der Waals surface area contributed by atoms with Crippen LogP contribution in [0.15, 0.2) is 46.5 Å². The molecule has 0 bridgehead atoms. The number of para-hydroxylation sites is 1. The van der Waals surface area contributed by atoms with Gasteiger partial charge in [-0.3, -0.25) is 4.79 Å². The van der Waals surface area contributed by atoms with Crippen LogP contribution in [0.1, 0.15) is 54.1 Å². The molecule has 7 nitrogen and oxygen atoms in total. The first kappa shape index (κ1) is 19.0. The number of nitrogens with one attached hydrogen (secondary N) is 1. The zero-order chi connectivity index (χ0) is 20.3. The number of amides is 1. The lowest BCUT2D eigenvalue weighted by atomic mass is 10.0. The van der Waals surface area contributed by atoms with Crippen LogP contribution in [0.2, 0.25) is 0 Å². The second-order valence-electron chi connectivity index (χ2n) is 7.59. The summed E-state index contributed by atoms with van der Waals surface area (Å²) in [4.78, 5) is 22.6. The van der Waals surface area contributed by atoms with E-state index >= 15 is 0 Å². The number of carbonyl (C=O) groups excluding carboxylic acids is 1. The summed E-state index contributed by atoms with van der Waals surface area (Å²) >= 11 is 1.62. The fourth-order valence-electron chi connectivity index (χ4n) is 4.14. The molecule has 1 fully saturated rings. The van der Waals surface area contributed by atoms with Crippen LogP contribution < -0.4 is 0 Å². The van der Waals surface area contributed by atoms with Crippen LogP contribution in [0.5, 0.6) is 0 Å². The Morgan fingerprint density at radius 2 is 2.13 bits per heavy atom. The third-order valence-corrected chi connectivity index (χ3v) is 6.51. The van der Waals surface area contributed by atoms with Crippen molar-refractivity contribution in [3.63, 3.8) is 0 Å². The van der Waals surface area contributed by atoms with Crippen molar-refractivity contribution in [2.45, 2.75) is 44.6 Å². The van der Waals surface area contributed by atoms with E-state index in [-0.39, 0.29) is 11.9 Å². The molecule has 1 atom stereocenters. The normalized spacial score (nSPS) is 16.9. The lowest BCUT2D eigenvalue weighted by Gasteiger charge is -2.34. The van der Waals surface area contributed by atoms with Crippen LogP contribution in [-0.2, 0) is 17.6 Å². The Labute approximate surface area is 178 Å². The fraction of sp³-hybridized carbons (Fsp3) is 0.364. The predicted octanol–water partition coefficient (Wildman–Crippen LogP) is 4.28. The lowest BCUT2D eigenvalue weighted by molar-refractivity contribution is -0.135. The molecule has 1 aliphatic heterocycles. The summed E-state index contributed by atoms with van der Waals surface area (Å²) in [6.45, 7) is 0.790. The maximum atomic E-state index is 12.9. The first-order valence-corrected chi connectivity index (χ1v) is 11.2. The highest BCUT2D eigenvalue weighted by Crippen LogP contribution is 2.32. The van der Waals surface area contributed by atoms with E-state index in [4.69, 9.17) is 4.42 Å². The zero-order valence-corrected chi connectivity index (χ0v) is 17.4. The van der Waals surface area contributed by atoms with Crippen LogP contribution in [0, 0.1) is 0 Å². The summed E-state index contributed by atoms with van der Waals surface area (Å²) < 4.78 is 5.83. The number of thiazole rings is 1. The van der Waals surface area contributed by atoms with Crippen LogP contribution in [-0.4, -0.2) is 37.5 Å². The molecule has 154 valence electrons. The average Bonchev–Trinajstić information content (AvgIpc) is 3.54. The number of rotatable bonds is 6. The van der Waals surface area contributed by atoms with Gasteiger partial charge in [-0.25, -0.2) is 4.98 Å². The van der Waals surface area contributed by atoms with Crippen molar-refractivity contribution < 1.29 is 9.21 Å². The van der Waals surface area contributed by atoms with Gasteiger partial charge in [-0.05, 0) is 30.9 Å². The van der Waals surface area contributed by atoms with E-state index in [1.807, 2.05) is 40.9 Å². The monoisotopic (exact) mass is 421 g/mol. The van der Waals surface area contributed by atoms with Crippen molar-refractivity contribution in [1.82, 2.24) is 25.1 Å². The van der Waals surface area contributed by atoms with Gasteiger partial charge < -0.3 is 14.3 Å². The Balaban J connectivity index is 1.22. The van der Waals surface area contributed by atoms with Crippen molar-refractivity contribution in [1.29, 1.82) is 0 Å². The van der Waals surface area contributed by atoms with Crippen molar-refractivity contribution >= 4 is 28.1 Å². The van der Waals surface area contributed by atoms with E-state index in [0.717, 1.165) is 47.3 Å². The molecule has 0 radical (unpaired) electrons. The minimum Gasteiger partial charge on any atom is -0.425 e. The maximum absolute atomic E-state index is 12.9. The Hall–Kier alpha value is -3.00. The van der Waals surface area contributed by atoms with Crippen LogP contribution in [0.25, 0.3) is 10.9 Å². The number of likely N-dealkylation sites (tertiary alicyclic amines) is 1. The number of aryl methyl sites for hydroxylation is 1. The van der Waals surface area contributed by atoms with Gasteiger partial charge in [0.25, 0.3) is 0 Å². The highest BCUT2D eigenvalue weighted by atomic mass is 32.1. The number of nitrogens with zero attached hydrogens (tertiary/aromatic N) is 4. The van der Waals surface area contributed by atoms with E-state index < -0.39 is 0 Å². The molecular formula is C22H23N5O2S. The van der Waals surface area contributed by atoms with E-state index in [0.29, 0.717) is 31.0 Å². The van der Waals surface area contributed by atoms with Crippen molar-refractivity contribution in [2.24, 2.45) is 0 Å². The highest BCUT2D eigenvalue weighted by molar-refractivity contribution is 7.09. The molecule has 0 spiro atoms. The number of piperidine rings is 1. The van der Waals surface area contributed by atoms with Gasteiger partial charge in [-0.2, -0.15) is 0 Å². The number of hydrogen-bond donors (Lipinski definition) is 1. The number of H-pyrrole nitrogens is 1. The minimum absolute atomic E-state index is 0.103. The first-order valence-electron chi connectivity index (χ1n) is 10.3. The number of carbonyl (C=O) groups is 1. The van der Waals surface area contributed by atoms with Crippen LogP contribution in [0.4, 0.5) is 0 Å². The van der Waals surface area contributed by atoms with Gasteiger partial charge in [0, 0.05) is 48.1 Å². The average molecular weight is 422 g/mol. The Morgan fingerprint density at radius 1 is 1.23 bits per heavy atom. The molecule has 8 heteroatoms. The molecule has 0 unspecified atom stereocenters. The Morgan fingerprint density at radius 3 is 3.03 bits per heavy atom. The largest absolute Gasteiger partial charge is 0.425 e. The molecule has 1 saturated heterocycles. The van der Waals surface area contributed by atoms with E-state index in [1.54, 1.807) is 11.3 Å². The molecule has 0 aliphatic carbocycles. The summed E-state index contributed by atoms with van der Waals surface area (Å²) in [5, 5.41) is 12.5. The highest BCUT2D eigenvalue weighted by Gasteiger charge is 2.29. The third-order valence-electron chi connectivity index (χ3n) is 5.64. The number of aromatic nitrogens is 4. The van der Waals surface area contributed by atoms with Gasteiger partial charge in [0.15, 0.2) is 0 Å². The predicted molar refractivity (Wildman–Crippen MR) is 114 cm³/mol. The molecule has 30 heavy (non-hydrogen) atoms. The molecule has 5 rings (SSSR count). The number of aromatic amines is 1. The number of hydrogen-bond acceptors (Lipinski definition) is 6. The molecular weight excluding hydrogens is 398 g/mol. The number of benzene rings is 1. The topological polar surface area (TPSA) is 87.9 Å². The summed E-state index contributed by atoms with van der Waals surface area (Å²) in [6, 6.07) is 8.25. The van der Waals surface area contributed by atoms with E-state index in [9.17, 15) is 4.79 Å². The second kappa shape index (κ2) is 8.39. The first-order chi connectivity index (χ1) is 14.8. The Bertz CT molecular complexity index is 1130. The molecule has 1 amide bonds. The van der Waals surface area contributed by atoms with Gasteiger partial charge in [-0.15, -0.1) is 21.5 Å². The summed E-state index contributed by atoms with van der Waals surface area (Å²) in [6.07, 6.45) is 8.35. The van der Waals surface area contributed by atoms with Gasteiger partial charge in [-0.1, -0.05) is 18.2 Å². The van der Waals surface area contributed by atoms with E-state index in [1.165, 1.54) is 0 Å². The smallest absolute Gasteiger partial charge is 0.223 e. The van der Waals surface area contributed by atoms with E-state index in [2.05, 4.69) is 26.2 Å². The molecule has 0 saturated carbocycles. The minimum atomic E-state index is 0.103. The fourth-order valence-corrected chi connectivity index (χ4v) is 4.93. The lowest BCUT2D eigenvalue weighted by Crippen LogP contribution is -2.38. The molecule has 4 aromatic rings. The zero-order valence-electron chi connectivity index (χ0n) is 16.6. The maximum Gasteiger partial charge on any atom is 0.223 e. The SMILES string of the molecule is O=C(CCc1nnc(Cc2c[nH]c3ccccc23)o1)N1CCCC[C@@H]1c1nccs1. The third kappa shape index (κ3) is 3.87. The van der Waals surface area contributed by atoms with Crippen molar-refractivity contribution in [2.75, 3.05) is 6.54 Å². The number of fused-ring (bicyclic) bond motifs is 1.